The molecule has 2 unspecified atom stereocenters. The van der Waals surface area contributed by atoms with Gasteiger partial charge in [0.15, 0.2) is 0 Å². The molecule has 1 heterocycles. The Kier molecular flexibility index (Phi) is 5.25. The van der Waals surface area contributed by atoms with Gasteiger partial charge in [-0.1, -0.05) is 41.4 Å². The Labute approximate surface area is 147 Å². The fourth-order valence-electron chi connectivity index (χ4n) is 2.92. The third-order valence-corrected chi connectivity index (χ3v) is 5.75. The highest BCUT2D eigenvalue weighted by Crippen LogP contribution is 2.30. The highest BCUT2D eigenvalue weighted by Gasteiger charge is 2.32. The summed E-state index contributed by atoms with van der Waals surface area (Å²) in [5.74, 6) is 0. The molecule has 1 fully saturated rings. The highest BCUT2D eigenvalue weighted by molar-refractivity contribution is 7.86. The molecule has 6 heteroatoms. The summed E-state index contributed by atoms with van der Waals surface area (Å²) < 4.78 is 30.7. The van der Waals surface area contributed by atoms with Crippen LogP contribution in [-0.2, 0) is 14.3 Å². The fourth-order valence-corrected chi connectivity index (χ4v) is 4.23. The second-order valence-corrected chi connectivity index (χ2v) is 8.04. The lowest BCUT2D eigenvalue weighted by atomic mass is 9.95. The Morgan fingerprint density at radius 2 is 1.92 bits per heavy atom. The van der Waals surface area contributed by atoms with E-state index in [0.29, 0.717) is 11.4 Å². The van der Waals surface area contributed by atoms with Crippen LogP contribution in [0, 0.1) is 6.92 Å². The van der Waals surface area contributed by atoms with E-state index in [2.05, 4.69) is 5.32 Å². The van der Waals surface area contributed by atoms with Crippen molar-refractivity contribution >= 4 is 21.7 Å². The predicted octanol–water partition coefficient (Wildman–Crippen LogP) is 3.85. The lowest BCUT2D eigenvalue weighted by Gasteiger charge is -2.32. The number of piperidine rings is 1. The predicted molar refractivity (Wildman–Crippen MR) is 94.7 cm³/mol. The van der Waals surface area contributed by atoms with Crippen molar-refractivity contribution in [3.63, 3.8) is 0 Å². The Morgan fingerprint density at radius 3 is 2.62 bits per heavy atom. The summed E-state index contributed by atoms with van der Waals surface area (Å²) in [6.45, 7) is 2.74. The van der Waals surface area contributed by atoms with Gasteiger partial charge in [0.05, 0.1) is 17.0 Å². The first kappa shape index (κ1) is 17.4. The Balaban J connectivity index is 1.84. The molecule has 0 spiro atoms. The maximum Gasteiger partial charge on any atom is 0.297 e. The van der Waals surface area contributed by atoms with E-state index in [0.717, 1.165) is 24.1 Å². The van der Waals surface area contributed by atoms with Gasteiger partial charge in [-0.2, -0.15) is 8.42 Å². The van der Waals surface area contributed by atoms with E-state index in [1.54, 1.807) is 30.3 Å². The Morgan fingerprint density at radius 1 is 1.17 bits per heavy atom. The topological polar surface area (TPSA) is 55.4 Å². The molecule has 2 aromatic rings. The molecule has 0 radical (unpaired) electrons. The lowest BCUT2D eigenvalue weighted by Crippen LogP contribution is -2.40. The minimum Gasteiger partial charge on any atom is -0.308 e. The first-order valence-electron chi connectivity index (χ1n) is 7.94. The van der Waals surface area contributed by atoms with Crippen LogP contribution >= 0.6 is 11.6 Å². The molecule has 0 aliphatic carbocycles. The van der Waals surface area contributed by atoms with Gasteiger partial charge in [-0.05, 0) is 56.1 Å². The van der Waals surface area contributed by atoms with Crippen LogP contribution in [0.3, 0.4) is 0 Å². The third kappa shape index (κ3) is 3.98. The zero-order valence-electron chi connectivity index (χ0n) is 13.4. The van der Waals surface area contributed by atoms with Crippen molar-refractivity contribution in [1.29, 1.82) is 0 Å². The van der Waals surface area contributed by atoms with Gasteiger partial charge in [0.1, 0.15) is 0 Å². The van der Waals surface area contributed by atoms with Gasteiger partial charge < -0.3 is 5.32 Å². The Hall–Kier alpha value is -1.40. The van der Waals surface area contributed by atoms with E-state index < -0.39 is 16.2 Å². The second kappa shape index (κ2) is 7.23. The molecule has 0 aromatic heterocycles. The molecule has 0 saturated carbocycles. The van der Waals surface area contributed by atoms with Gasteiger partial charge in [0.2, 0.25) is 0 Å². The van der Waals surface area contributed by atoms with E-state index >= 15 is 0 Å². The molecule has 1 aliphatic rings. The quantitative estimate of drug-likeness (QED) is 0.836. The minimum absolute atomic E-state index is 0.184. The molecule has 1 saturated heterocycles. The van der Waals surface area contributed by atoms with Crippen molar-refractivity contribution in [2.45, 2.75) is 36.8 Å². The fraction of sp³-hybridized carbons (Fsp3) is 0.333. The van der Waals surface area contributed by atoms with Gasteiger partial charge >= 0.3 is 0 Å². The second-order valence-electron chi connectivity index (χ2n) is 6.03. The first-order chi connectivity index (χ1) is 11.5. The number of hydrogen-bond donors (Lipinski definition) is 1. The largest absolute Gasteiger partial charge is 0.308 e. The summed E-state index contributed by atoms with van der Waals surface area (Å²) in [5, 5.41) is 3.97. The van der Waals surface area contributed by atoms with E-state index in [9.17, 15) is 8.42 Å². The summed E-state index contributed by atoms with van der Waals surface area (Å²) in [6.07, 6.45) is 1.09. The van der Waals surface area contributed by atoms with Gasteiger partial charge in [-0.3, -0.25) is 4.18 Å². The SMILES string of the molecule is Cc1ccc(S(=O)(=O)OC2CCCNC2c2cccc(Cl)c2)cc1. The van der Waals surface area contributed by atoms with Gasteiger partial charge in [0, 0.05) is 5.02 Å². The summed E-state index contributed by atoms with van der Waals surface area (Å²) in [6, 6.07) is 13.9. The van der Waals surface area contributed by atoms with Crippen LogP contribution in [0.5, 0.6) is 0 Å². The molecule has 2 atom stereocenters. The average molecular weight is 366 g/mol. The first-order valence-corrected chi connectivity index (χ1v) is 9.73. The molecule has 3 rings (SSSR count). The standard InChI is InChI=1S/C18H20ClNO3S/c1-13-7-9-16(10-8-13)24(21,22)23-17-6-3-11-20-18(17)14-4-2-5-15(19)12-14/h2,4-5,7-10,12,17-18,20H,3,6,11H2,1H3. The highest BCUT2D eigenvalue weighted by atomic mass is 35.5. The molecular weight excluding hydrogens is 346 g/mol. The van der Waals surface area contributed by atoms with Crippen molar-refractivity contribution in [2.24, 2.45) is 0 Å². The average Bonchev–Trinajstić information content (AvgIpc) is 2.55. The molecule has 4 nitrogen and oxygen atoms in total. The van der Waals surface area contributed by atoms with E-state index in [-0.39, 0.29) is 10.9 Å². The zero-order valence-corrected chi connectivity index (χ0v) is 15.0. The molecule has 24 heavy (non-hydrogen) atoms. The number of aryl methyl sites for hydroxylation is 1. The smallest absolute Gasteiger partial charge is 0.297 e. The summed E-state index contributed by atoms with van der Waals surface area (Å²) in [7, 11) is -3.80. The molecule has 1 N–H and O–H groups in total. The summed E-state index contributed by atoms with van der Waals surface area (Å²) >= 11 is 6.07. The third-order valence-electron chi connectivity index (χ3n) is 4.17. The summed E-state index contributed by atoms with van der Waals surface area (Å²) in [5.41, 5.74) is 1.94. The zero-order chi connectivity index (χ0) is 17.2. The molecule has 1 aliphatic heterocycles. The molecular formula is C18H20ClNO3S. The molecule has 0 bridgehead atoms. The van der Waals surface area contributed by atoms with Gasteiger partial charge in [-0.15, -0.1) is 0 Å². The van der Waals surface area contributed by atoms with Crippen LogP contribution < -0.4 is 5.32 Å². The van der Waals surface area contributed by atoms with Crippen LogP contribution in [0.2, 0.25) is 5.02 Å². The van der Waals surface area contributed by atoms with Crippen molar-refractivity contribution in [2.75, 3.05) is 6.54 Å². The maximum atomic E-state index is 12.6. The number of rotatable bonds is 4. The number of benzene rings is 2. The molecule has 2 aromatic carbocycles. The van der Waals surface area contributed by atoms with Crippen molar-refractivity contribution < 1.29 is 12.6 Å². The number of halogens is 1. The number of nitrogens with one attached hydrogen (secondary N) is 1. The van der Waals surface area contributed by atoms with Crippen LogP contribution in [0.15, 0.2) is 53.4 Å². The van der Waals surface area contributed by atoms with Crippen LogP contribution in [0.25, 0.3) is 0 Å². The van der Waals surface area contributed by atoms with Crippen molar-refractivity contribution in [3.8, 4) is 0 Å². The normalized spacial score (nSPS) is 21.6. The van der Waals surface area contributed by atoms with E-state index in [1.165, 1.54) is 0 Å². The van der Waals surface area contributed by atoms with Gasteiger partial charge in [-0.25, -0.2) is 0 Å². The number of hydrogen-bond acceptors (Lipinski definition) is 4. The van der Waals surface area contributed by atoms with Gasteiger partial charge in [0.25, 0.3) is 10.1 Å². The molecule has 0 amide bonds. The van der Waals surface area contributed by atoms with Crippen LogP contribution in [0.4, 0.5) is 0 Å². The minimum atomic E-state index is -3.80. The lowest BCUT2D eigenvalue weighted by molar-refractivity contribution is 0.127. The van der Waals surface area contributed by atoms with Crippen LogP contribution in [0.1, 0.15) is 30.0 Å². The van der Waals surface area contributed by atoms with E-state index in [4.69, 9.17) is 15.8 Å². The monoisotopic (exact) mass is 365 g/mol. The van der Waals surface area contributed by atoms with Crippen LogP contribution in [-0.4, -0.2) is 21.1 Å². The van der Waals surface area contributed by atoms with Crippen molar-refractivity contribution in [3.05, 3.63) is 64.7 Å². The van der Waals surface area contributed by atoms with Crippen molar-refractivity contribution in [1.82, 2.24) is 5.32 Å². The van der Waals surface area contributed by atoms with E-state index in [1.807, 2.05) is 25.1 Å². The summed E-state index contributed by atoms with van der Waals surface area (Å²) in [4.78, 5) is 0.184. The Bertz CT molecular complexity index is 805. The maximum absolute atomic E-state index is 12.6. The molecule has 128 valence electrons.